The predicted octanol–water partition coefficient (Wildman–Crippen LogP) is 3.69. The average Bonchev–Trinajstić information content (AvgIpc) is 3.67. The van der Waals surface area contributed by atoms with Crippen LogP contribution in [0.3, 0.4) is 0 Å². The SMILES string of the molecule is C#Cc1cccc(NC(=O)CN(C)C(=O)c2cc(C3CC3)nc3c2c(C)nn3-c2ccccn2)c1. The number of pyridine rings is 2. The van der Waals surface area contributed by atoms with Gasteiger partial charge < -0.3 is 10.2 Å². The summed E-state index contributed by atoms with van der Waals surface area (Å²) in [5.41, 5.74) is 3.87. The minimum absolute atomic E-state index is 0.116. The highest BCUT2D eigenvalue weighted by Gasteiger charge is 2.30. The molecule has 3 heterocycles. The van der Waals surface area contributed by atoms with Crippen LogP contribution < -0.4 is 5.32 Å². The molecule has 0 aliphatic heterocycles. The smallest absolute Gasteiger partial charge is 0.254 e. The highest BCUT2D eigenvalue weighted by Crippen LogP contribution is 2.40. The van der Waals surface area contributed by atoms with Crippen LogP contribution in [-0.2, 0) is 4.79 Å². The van der Waals surface area contributed by atoms with Gasteiger partial charge in [-0.1, -0.05) is 18.1 Å². The highest BCUT2D eigenvalue weighted by atomic mass is 16.2. The second kappa shape index (κ2) is 9.03. The molecular formula is C27H24N6O2. The zero-order valence-electron chi connectivity index (χ0n) is 19.5. The van der Waals surface area contributed by atoms with Crippen molar-refractivity contribution < 1.29 is 9.59 Å². The summed E-state index contributed by atoms with van der Waals surface area (Å²) in [6, 6.07) is 14.4. The van der Waals surface area contributed by atoms with Crippen LogP contribution in [0.2, 0.25) is 0 Å². The van der Waals surface area contributed by atoms with Crippen molar-refractivity contribution in [1.29, 1.82) is 0 Å². The summed E-state index contributed by atoms with van der Waals surface area (Å²) in [4.78, 5) is 36.9. The summed E-state index contributed by atoms with van der Waals surface area (Å²) in [7, 11) is 1.61. The number of carbonyl (C=O) groups is 2. The van der Waals surface area contributed by atoms with Crippen molar-refractivity contribution in [3.8, 4) is 18.2 Å². The lowest BCUT2D eigenvalue weighted by Gasteiger charge is -2.18. The van der Waals surface area contributed by atoms with E-state index in [0.29, 0.717) is 45.3 Å². The molecule has 1 fully saturated rings. The molecule has 4 aromatic rings. The Balaban J connectivity index is 1.46. The number of nitrogens with one attached hydrogen (secondary N) is 1. The summed E-state index contributed by atoms with van der Waals surface area (Å²) >= 11 is 0. The number of aryl methyl sites for hydroxylation is 1. The Morgan fingerprint density at radius 2 is 2.03 bits per heavy atom. The number of anilines is 1. The largest absolute Gasteiger partial charge is 0.332 e. The fraction of sp³-hybridized carbons (Fsp3) is 0.222. The molecule has 1 aliphatic carbocycles. The zero-order chi connectivity index (χ0) is 24.5. The van der Waals surface area contributed by atoms with Gasteiger partial charge in [-0.15, -0.1) is 6.42 Å². The Bertz CT molecular complexity index is 1480. The van der Waals surface area contributed by atoms with E-state index in [9.17, 15) is 9.59 Å². The molecule has 0 saturated heterocycles. The van der Waals surface area contributed by atoms with Gasteiger partial charge in [0.25, 0.3) is 5.91 Å². The number of amides is 2. The minimum atomic E-state index is -0.316. The van der Waals surface area contributed by atoms with Crippen LogP contribution in [0.25, 0.3) is 16.9 Å². The Hall–Kier alpha value is -4.51. The van der Waals surface area contributed by atoms with Crippen molar-refractivity contribution in [2.24, 2.45) is 0 Å². The monoisotopic (exact) mass is 464 g/mol. The third-order valence-electron chi connectivity index (χ3n) is 5.97. The number of terminal acetylenes is 1. The average molecular weight is 465 g/mol. The van der Waals surface area contributed by atoms with Crippen LogP contribution in [0, 0.1) is 19.3 Å². The number of fused-ring (bicyclic) bond motifs is 1. The number of likely N-dealkylation sites (N-methyl/N-ethyl adjacent to an activating group) is 1. The predicted molar refractivity (Wildman–Crippen MR) is 133 cm³/mol. The summed E-state index contributed by atoms with van der Waals surface area (Å²) in [5, 5.41) is 8.11. The first-order valence-electron chi connectivity index (χ1n) is 11.4. The van der Waals surface area contributed by atoms with E-state index >= 15 is 0 Å². The number of nitrogens with zero attached hydrogens (tertiary/aromatic N) is 5. The lowest BCUT2D eigenvalue weighted by Crippen LogP contribution is -2.35. The maximum atomic E-state index is 13.6. The van der Waals surface area contributed by atoms with Gasteiger partial charge in [0.2, 0.25) is 5.91 Å². The van der Waals surface area contributed by atoms with Gasteiger partial charge in [-0.25, -0.2) is 9.97 Å². The van der Waals surface area contributed by atoms with Crippen LogP contribution in [0.15, 0.2) is 54.7 Å². The maximum absolute atomic E-state index is 13.6. The number of rotatable bonds is 6. The standard InChI is InChI=1S/C27H24N6O2/c1-4-18-8-7-9-20(14-18)29-24(34)16-32(3)27(35)21-15-22(19-11-12-19)30-26-25(21)17(2)31-33(26)23-10-5-6-13-28-23/h1,5-10,13-15,19H,11-12,16H2,2-3H3,(H,29,34). The van der Waals surface area contributed by atoms with Gasteiger partial charge in [-0.05, 0) is 56.2 Å². The zero-order valence-corrected chi connectivity index (χ0v) is 19.5. The molecule has 35 heavy (non-hydrogen) atoms. The van der Waals surface area contributed by atoms with Crippen molar-refractivity contribution in [3.63, 3.8) is 0 Å². The van der Waals surface area contributed by atoms with Crippen molar-refractivity contribution in [3.05, 3.63) is 77.2 Å². The number of hydrogen-bond donors (Lipinski definition) is 1. The van der Waals surface area contributed by atoms with Crippen LogP contribution in [0.5, 0.6) is 0 Å². The lowest BCUT2D eigenvalue weighted by molar-refractivity contribution is -0.116. The molecule has 5 rings (SSSR count). The Morgan fingerprint density at radius 3 is 2.74 bits per heavy atom. The molecule has 1 saturated carbocycles. The van der Waals surface area contributed by atoms with E-state index in [1.54, 1.807) is 42.2 Å². The molecule has 1 N–H and O–H groups in total. The molecule has 174 valence electrons. The second-order valence-corrected chi connectivity index (χ2v) is 8.69. The number of aromatic nitrogens is 4. The van der Waals surface area contributed by atoms with E-state index < -0.39 is 0 Å². The van der Waals surface area contributed by atoms with E-state index in [1.807, 2.05) is 31.2 Å². The molecule has 8 heteroatoms. The molecule has 2 amide bonds. The van der Waals surface area contributed by atoms with Crippen LogP contribution in [0.4, 0.5) is 5.69 Å². The Kier molecular flexibility index (Phi) is 5.75. The Morgan fingerprint density at radius 1 is 1.20 bits per heavy atom. The van der Waals surface area contributed by atoms with Gasteiger partial charge in [0.05, 0.1) is 23.2 Å². The molecule has 0 spiro atoms. The first kappa shape index (κ1) is 22.3. The topological polar surface area (TPSA) is 93.0 Å². The fourth-order valence-corrected chi connectivity index (χ4v) is 4.08. The fourth-order valence-electron chi connectivity index (χ4n) is 4.08. The third-order valence-corrected chi connectivity index (χ3v) is 5.97. The molecule has 1 aromatic carbocycles. The van der Waals surface area contributed by atoms with Crippen molar-refractivity contribution in [2.75, 3.05) is 18.9 Å². The molecule has 8 nitrogen and oxygen atoms in total. The number of benzene rings is 1. The molecule has 0 atom stereocenters. The summed E-state index contributed by atoms with van der Waals surface area (Å²) < 4.78 is 1.68. The lowest BCUT2D eigenvalue weighted by atomic mass is 10.1. The molecule has 1 aliphatic rings. The number of hydrogen-bond acceptors (Lipinski definition) is 5. The van der Waals surface area contributed by atoms with Crippen molar-refractivity contribution in [1.82, 2.24) is 24.6 Å². The van der Waals surface area contributed by atoms with Gasteiger partial charge in [0, 0.05) is 36.1 Å². The van der Waals surface area contributed by atoms with E-state index in [0.717, 1.165) is 18.5 Å². The summed E-state index contributed by atoms with van der Waals surface area (Å²) in [6.45, 7) is 1.73. The van der Waals surface area contributed by atoms with Gasteiger partial charge >= 0.3 is 0 Å². The number of carbonyl (C=O) groups excluding carboxylic acids is 2. The van der Waals surface area contributed by atoms with Gasteiger partial charge in [0.15, 0.2) is 11.5 Å². The maximum Gasteiger partial charge on any atom is 0.254 e. The van der Waals surface area contributed by atoms with Gasteiger partial charge in [-0.3, -0.25) is 9.59 Å². The van der Waals surface area contributed by atoms with Crippen LogP contribution in [-0.4, -0.2) is 50.1 Å². The molecule has 0 radical (unpaired) electrons. The second-order valence-electron chi connectivity index (χ2n) is 8.69. The van der Waals surface area contributed by atoms with Gasteiger partial charge in [0.1, 0.15) is 0 Å². The van der Waals surface area contributed by atoms with Gasteiger partial charge in [-0.2, -0.15) is 9.78 Å². The van der Waals surface area contributed by atoms with E-state index in [2.05, 4.69) is 21.3 Å². The van der Waals surface area contributed by atoms with E-state index in [4.69, 9.17) is 11.4 Å². The van der Waals surface area contributed by atoms with Crippen LogP contribution in [0.1, 0.15) is 46.1 Å². The quantitative estimate of drug-likeness (QED) is 0.439. The first-order valence-corrected chi connectivity index (χ1v) is 11.4. The van der Waals surface area contributed by atoms with E-state index in [-0.39, 0.29) is 18.4 Å². The molecule has 3 aromatic heterocycles. The third kappa shape index (κ3) is 4.49. The molecule has 0 bridgehead atoms. The molecule has 0 unspecified atom stereocenters. The molecular weight excluding hydrogens is 440 g/mol. The van der Waals surface area contributed by atoms with Crippen molar-refractivity contribution in [2.45, 2.75) is 25.7 Å². The minimum Gasteiger partial charge on any atom is -0.332 e. The Labute approximate surface area is 203 Å². The summed E-state index contributed by atoms with van der Waals surface area (Å²) in [6.07, 6.45) is 9.21. The van der Waals surface area contributed by atoms with Crippen LogP contribution >= 0.6 is 0 Å². The van der Waals surface area contributed by atoms with E-state index in [1.165, 1.54) is 4.90 Å². The normalized spacial score (nSPS) is 12.8. The van der Waals surface area contributed by atoms with Crippen molar-refractivity contribution >= 4 is 28.5 Å². The first-order chi connectivity index (χ1) is 16.9. The summed E-state index contributed by atoms with van der Waals surface area (Å²) in [5.74, 6) is 2.92. The highest BCUT2D eigenvalue weighted by molar-refractivity contribution is 6.08.